The average molecular weight is 626 g/mol. The molecule has 0 spiro atoms. The van der Waals surface area contributed by atoms with Crippen LogP contribution in [0.25, 0.3) is 0 Å². The molecule has 7 atom stereocenters. The van der Waals surface area contributed by atoms with Gasteiger partial charge in [0.15, 0.2) is 5.78 Å². The molecule has 0 aromatic carbocycles. The molecule has 0 aliphatic carbocycles. The maximum Gasteiger partial charge on any atom is 0.242 e. The van der Waals surface area contributed by atoms with Crippen LogP contribution in [0.3, 0.4) is 0 Å². The van der Waals surface area contributed by atoms with Gasteiger partial charge in [0.1, 0.15) is 0 Å². The Balaban J connectivity index is 3.04. The zero-order valence-electron chi connectivity index (χ0n) is 28.9. The van der Waals surface area contributed by atoms with Gasteiger partial charge >= 0.3 is 0 Å². The minimum absolute atomic E-state index is 0.0106. The summed E-state index contributed by atoms with van der Waals surface area (Å²) in [5, 5.41) is 8.44. The number of hydrogen-bond acceptors (Lipinski definition) is 8. The van der Waals surface area contributed by atoms with Gasteiger partial charge in [-0.15, -0.1) is 0 Å². The lowest BCUT2D eigenvalue weighted by Crippen LogP contribution is -2.55. The van der Waals surface area contributed by atoms with Gasteiger partial charge in [-0.1, -0.05) is 54.9 Å². The molecule has 0 aromatic heterocycles. The molecule has 1 heterocycles. The number of ether oxygens (including phenoxy) is 2. The summed E-state index contributed by atoms with van der Waals surface area (Å²) in [4.78, 5) is 68.0. The molecule has 1 aliphatic heterocycles. The van der Waals surface area contributed by atoms with E-state index >= 15 is 0 Å². The summed E-state index contributed by atoms with van der Waals surface area (Å²) in [6.45, 7) is 13.5. The van der Waals surface area contributed by atoms with Crippen molar-refractivity contribution < 1.29 is 33.4 Å². The van der Waals surface area contributed by atoms with Gasteiger partial charge in [0, 0.05) is 33.7 Å². The number of hydrogen-bond donors (Lipinski definition) is 3. The molecule has 44 heavy (non-hydrogen) atoms. The van der Waals surface area contributed by atoms with E-state index in [1.807, 2.05) is 27.7 Å². The second kappa shape index (κ2) is 19.1. The normalized spacial score (nSPS) is 19.2. The molecule has 1 saturated heterocycles. The first kappa shape index (κ1) is 39.5. The molecule has 12 heteroatoms. The number of likely N-dealkylation sites (tertiary alicyclic amines) is 1. The van der Waals surface area contributed by atoms with Gasteiger partial charge in [-0.25, -0.2) is 0 Å². The largest absolute Gasteiger partial charge is 0.379 e. The van der Waals surface area contributed by atoms with Gasteiger partial charge in [-0.3, -0.25) is 24.0 Å². The number of nitrogens with one attached hydrogen (secondary N) is 3. The van der Waals surface area contributed by atoms with E-state index in [4.69, 9.17) is 9.47 Å². The first-order chi connectivity index (χ1) is 20.7. The molecule has 7 unspecified atom stereocenters. The van der Waals surface area contributed by atoms with Crippen molar-refractivity contribution in [1.29, 1.82) is 0 Å². The number of methoxy groups -OCH3 is 2. The Morgan fingerprint density at radius 2 is 1.55 bits per heavy atom. The highest BCUT2D eigenvalue weighted by Gasteiger charge is 2.42. The summed E-state index contributed by atoms with van der Waals surface area (Å²) in [6, 6.07) is -1.14. The number of rotatable bonds is 19. The highest BCUT2D eigenvalue weighted by molar-refractivity contribution is 5.88. The van der Waals surface area contributed by atoms with Gasteiger partial charge < -0.3 is 35.2 Å². The Hall–Kier alpha value is -2.57. The molecule has 3 N–H and O–H groups in total. The number of carbonyl (C=O) groups is 5. The van der Waals surface area contributed by atoms with E-state index in [2.05, 4.69) is 16.0 Å². The van der Waals surface area contributed by atoms with Crippen LogP contribution < -0.4 is 16.0 Å². The fourth-order valence-electron chi connectivity index (χ4n) is 6.03. The standard InChI is InChI=1S/C32H59N5O7/c1-12-21(6)29(36(9)27(40)18-35-32(42)28(33-8)20(4)5)25(43-10)16-26(39)37-15-13-14-23(37)30(44-11)22(7)31(41)34-17-24(38)19(2)3/h19-23,25,28-30,33H,12-18H2,1-11H3,(H,34,41)(H,35,42). The van der Waals surface area contributed by atoms with Crippen LogP contribution in [0.1, 0.15) is 74.1 Å². The third-order valence-electron chi connectivity index (χ3n) is 9.06. The van der Waals surface area contributed by atoms with Crippen molar-refractivity contribution in [3.63, 3.8) is 0 Å². The van der Waals surface area contributed by atoms with Crippen molar-refractivity contribution in [3.8, 4) is 0 Å². The maximum absolute atomic E-state index is 13.8. The number of likely N-dealkylation sites (N-methyl/N-ethyl adjacent to an activating group) is 2. The molecule has 0 aromatic rings. The van der Waals surface area contributed by atoms with Crippen molar-refractivity contribution in [1.82, 2.24) is 25.8 Å². The van der Waals surface area contributed by atoms with Crippen LogP contribution >= 0.6 is 0 Å². The van der Waals surface area contributed by atoms with E-state index in [0.29, 0.717) is 13.0 Å². The Morgan fingerprint density at radius 1 is 0.932 bits per heavy atom. The zero-order chi connectivity index (χ0) is 33.7. The third kappa shape index (κ3) is 10.8. The minimum atomic E-state index is -0.590. The fourth-order valence-corrected chi connectivity index (χ4v) is 6.03. The van der Waals surface area contributed by atoms with Crippen LogP contribution in [0.2, 0.25) is 0 Å². The Kier molecular flexibility index (Phi) is 17.1. The van der Waals surface area contributed by atoms with E-state index in [1.165, 1.54) is 14.2 Å². The molecule has 4 amide bonds. The Morgan fingerprint density at radius 3 is 2.05 bits per heavy atom. The molecular formula is C32H59N5O7. The van der Waals surface area contributed by atoms with Crippen LogP contribution in [-0.2, 0) is 33.4 Å². The van der Waals surface area contributed by atoms with E-state index in [-0.39, 0.29) is 72.7 Å². The molecule has 1 rings (SSSR count). The first-order valence-electron chi connectivity index (χ1n) is 16.0. The number of amides is 4. The number of ketones is 1. The topological polar surface area (TPSA) is 146 Å². The van der Waals surface area contributed by atoms with E-state index in [1.54, 1.807) is 44.7 Å². The summed E-state index contributed by atoms with van der Waals surface area (Å²) in [6.07, 6.45) is 1.10. The van der Waals surface area contributed by atoms with E-state index < -0.39 is 30.2 Å². The monoisotopic (exact) mass is 625 g/mol. The lowest BCUT2D eigenvalue weighted by Gasteiger charge is -2.39. The van der Waals surface area contributed by atoms with E-state index in [9.17, 15) is 24.0 Å². The molecule has 1 aliphatic rings. The molecule has 0 radical (unpaired) electrons. The first-order valence-corrected chi connectivity index (χ1v) is 16.0. The van der Waals surface area contributed by atoms with Gasteiger partial charge in [-0.2, -0.15) is 0 Å². The summed E-state index contributed by atoms with van der Waals surface area (Å²) < 4.78 is 11.6. The highest BCUT2D eigenvalue weighted by Crippen LogP contribution is 2.29. The SMILES string of the molecule is CCC(C)C(C(CC(=O)N1CCCC1C(OC)C(C)C(=O)NCC(=O)C(C)C)OC)N(C)C(=O)CNC(=O)C(NC)C(C)C. The predicted octanol–water partition coefficient (Wildman–Crippen LogP) is 1.61. The number of nitrogens with zero attached hydrogens (tertiary/aromatic N) is 2. The van der Waals surface area contributed by atoms with Crippen LogP contribution in [-0.4, -0.2) is 117 Å². The average Bonchev–Trinajstić information content (AvgIpc) is 3.47. The lowest BCUT2D eigenvalue weighted by atomic mass is 9.90. The molecular weight excluding hydrogens is 566 g/mol. The van der Waals surface area contributed by atoms with Crippen molar-refractivity contribution in [2.45, 2.75) is 104 Å². The van der Waals surface area contributed by atoms with Gasteiger partial charge in [-0.05, 0) is 31.7 Å². The van der Waals surface area contributed by atoms with Gasteiger partial charge in [0.05, 0.1) is 55.8 Å². The summed E-state index contributed by atoms with van der Waals surface area (Å²) >= 11 is 0. The molecule has 0 saturated carbocycles. The summed E-state index contributed by atoms with van der Waals surface area (Å²) in [5.41, 5.74) is 0. The van der Waals surface area contributed by atoms with Crippen LogP contribution in [0, 0.1) is 23.7 Å². The molecule has 254 valence electrons. The van der Waals surface area contributed by atoms with Crippen LogP contribution in [0.5, 0.6) is 0 Å². The second-order valence-electron chi connectivity index (χ2n) is 12.7. The zero-order valence-corrected chi connectivity index (χ0v) is 28.9. The maximum atomic E-state index is 13.8. The summed E-state index contributed by atoms with van der Waals surface area (Å²) in [7, 11) is 6.47. The number of Topliss-reactive ketones (excluding diaryl/α,β-unsaturated/α-hetero) is 1. The molecule has 0 bridgehead atoms. The fraction of sp³-hybridized carbons (Fsp3) is 0.844. The van der Waals surface area contributed by atoms with Gasteiger partial charge in [0.2, 0.25) is 23.6 Å². The highest BCUT2D eigenvalue weighted by atomic mass is 16.5. The van der Waals surface area contributed by atoms with Crippen molar-refractivity contribution in [2.24, 2.45) is 23.7 Å². The Bertz CT molecular complexity index is 959. The van der Waals surface area contributed by atoms with Crippen LogP contribution in [0.4, 0.5) is 0 Å². The Labute approximate surface area is 264 Å². The lowest BCUT2D eigenvalue weighted by molar-refractivity contribution is -0.145. The predicted molar refractivity (Wildman–Crippen MR) is 170 cm³/mol. The third-order valence-corrected chi connectivity index (χ3v) is 9.06. The van der Waals surface area contributed by atoms with Crippen molar-refractivity contribution in [3.05, 3.63) is 0 Å². The van der Waals surface area contributed by atoms with Crippen molar-refractivity contribution in [2.75, 3.05) is 47.9 Å². The summed E-state index contributed by atoms with van der Waals surface area (Å²) in [5.74, 6) is -1.69. The van der Waals surface area contributed by atoms with Crippen molar-refractivity contribution >= 4 is 29.4 Å². The van der Waals surface area contributed by atoms with Gasteiger partial charge in [0.25, 0.3) is 0 Å². The van der Waals surface area contributed by atoms with Crippen LogP contribution in [0.15, 0.2) is 0 Å². The second-order valence-corrected chi connectivity index (χ2v) is 12.7. The molecule has 12 nitrogen and oxygen atoms in total. The molecule has 1 fully saturated rings. The quantitative estimate of drug-likeness (QED) is 0.196. The minimum Gasteiger partial charge on any atom is -0.379 e. The number of carbonyl (C=O) groups excluding carboxylic acids is 5. The van der Waals surface area contributed by atoms with E-state index in [0.717, 1.165) is 12.8 Å². The smallest absolute Gasteiger partial charge is 0.242 e.